The predicted octanol–water partition coefficient (Wildman–Crippen LogP) is 7.85. The molecule has 0 spiro atoms. The summed E-state index contributed by atoms with van der Waals surface area (Å²) >= 11 is 6.82. The summed E-state index contributed by atoms with van der Waals surface area (Å²) in [6.07, 6.45) is 2.13. The number of sulfone groups is 1. The zero-order valence-corrected chi connectivity index (χ0v) is 26.5. The largest absolute Gasteiger partial charge is 0.465 e. The van der Waals surface area contributed by atoms with E-state index >= 15 is 0 Å². The lowest BCUT2D eigenvalue weighted by atomic mass is 9.82. The van der Waals surface area contributed by atoms with Crippen LogP contribution in [0.1, 0.15) is 43.4 Å². The van der Waals surface area contributed by atoms with Gasteiger partial charge in [-0.05, 0) is 60.2 Å². The van der Waals surface area contributed by atoms with Crippen molar-refractivity contribution in [2.75, 3.05) is 14.2 Å². The number of ether oxygens (including phenoxy) is 2. The topological polar surface area (TPSA) is 86.7 Å². The molecule has 3 aromatic carbocycles. The van der Waals surface area contributed by atoms with Crippen molar-refractivity contribution < 1.29 is 27.5 Å². The molecule has 0 aromatic heterocycles. The van der Waals surface area contributed by atoms with Crippen LogP contribution in [-0.4, -0.2) is 34.6 Å². The standard InChI is InChI=1S/C35H35ClO6S/c1-6-28(30(36)7-2)31(25-14-10-8-11-15-25)32(26-16-12-9-13-17-26)33(35(38)42-5)29(34(37)41-4)22-23-43(39,40)27-20-18-24(3)19-21-27/h8-23H,6-7H2,1-5H3/b23-22-,30-28-,32-31+,33-29-. The number of esters is 2. The molecular formula is C35H35ClO6S. The van der Waals surface area contributed by atoms with Gasteiger partial charge in [0.25, 0.3) is 0 Å². The average Bonchev–Trinajstić information content (AvgIpc) is 3.03. The van der Waals surface area contributed by atoms with Gasteiger partial charge >= 0.3 is 11.9 Å². The van der Waals surface area contributed by atoms with Crippen LogP contribution >= 0.6 is 11.6 Å². The number of halogens is 1. The van der Waals surface area contributed by atoms with Crippen LogP contribution in [0, 0.1) is 6.92 Å². The zero-order valence-electron chi connectivity index (χ0n) is 24.9. The average molecular weight is 619 g/mol. The van der Waals surface area contributed by atoms with Crippen LogP contribution in [0.4, 0.5) is 0 Å². The van der Waals surface area contributed by atoms with Gasteiger partial charge in [-0.3, -0.25) is 0 Å². The molecule has 0 aliphatic carbocycles. The molecule has 0 saturated heterocycles. The second-order valence-corrected chi connectivity index (χ2v) is 11.8. The quantitative estimate of drug-likeness (QED) is 0.0941. The van der Waals surface area contributed by atoms with Gasteiger partial charge in [-0.2, -0.15) is 0 Å². The highest BCUT2D eigenvalue weighted by molar-refractivity contribution is 7.94. The normalized spacial score (nSPS) is 13.5. The molecule has 0 atom stereocenters. The lowest BCUT2D eigenvalue weighted by Crippen LogP contribution is -2.17. The first-order valence-corrected chi connectivity index (χ1v) is 15.7. The molecule has 0 bridgehead atoms. The van der Waals surface area contributed by atoms with E-state index in [1.807, 2.05) is 57.2 Å². The highest BCUT2D eigenvalue weighted by atomic mass is 35.5. The number of aryl methyl sites for hydroxylation is 1. The monoisotopic (exact) mass is 618 g/mol. The van der Waals surface area contributed by atoms with Crippen LogP contribution in [0.3, 0.4) is 0 Å². The van der Waals surface area contributed by atoms with Crippen LogP contribution in [0.2, 0.25) is 0 Å². The molecule has 3 rings (SSSR count). The van der Waals surface area contributed by atoms with Crippen molar-refractivity contribution in [2.45, 2.75) is 38.5 Å². The SMILES string of the molecule is CC/C(Cl)=C(CC)/C(=C(/C(C(=O)OC)=C(\C=C/S(=O)(=O)c1ccc(C)cc1)C(=O)OC)c1ccccc1)c1ccccc1. The molecule has 8 heteroatoms. The summed E-state index contributed by atoms with van der Waals surface area (Å²) in [6, 6.07) is 24.7. The molecule has 0 saturated carbocycles. The minimum atomic E-state index is -4.00. The summed E-state index contributed by atoms with van der Waals surface area (Å²) in [4.78, 5) is 27.2. The minimum absolute atomic E-state index is 0.0351. The van der Waals surface area contributed by atoms with Crippen LogP contribution in [0.15, 0.2) is 123 Å². The second-order valence-electron chi connectivity index (χ2n) is 9.51. The predicted molar refractivity (Wildman–Crippen MR) is 172 cm³/mol. The van der Waals surface area contributed by atoms with Crippen LogP contribution in [0.5, 0.6) is 0 Å². The summed E-state index contributed by atoms with van der Waals surface area (Å²) in [5.41, 5.74) is 3.48. The number of carbonyl (C=O) groups excluding carboxylic acids is 2. The molecule has 0 fully saturated rings. The van der Waals surface area contributed by atoms with Gasteiger partial charge in [0.15, 0.2) is 9.84 Å². The number of hydrogen-bond donors (Lipinski definition) is 0. The van der Waals surface area contributed by atoms with Crippen LogP contribution in [0.25, 0.3) is 11.1 Å². The maximum atomic E-state index is 13.8. The number of carbonyl (C=O) groups is 2. The van der Waals surface area contributed by atoms with Gasteiger partial charge < -0.3 is 9.47 Å². The summed E-state index contributed by atoms with van der Waals surface area (Å²) in [7, 11) is -1.64. The molecule has 0 aliphatic heterocycles. The summed E-state index contributed by atoms with van der Waals surface area (Å²) in [5, 5.41) is 1.48. The first-order valence-electron chi connectivity index (χ1n) is 13.7. The molecule has 224 valence electrons. The van der Waals surface area contributed by atoms with Gasteiger partial charge in [-0.1, -0.05) is 104 Å². The zero-order chi connectivity index (χ0) is 31.6. The number of methoxy groups -OCH3 is 2. The van der Waals surface area contributed by atoms with E-state index in [0.717, 1.165) is 35.3 Å². The third-order valence-corrected chi connectivity index (χ3v) is 8.66. The van der Waals surface area contributed by atoms with Gasteiger partial charge in [-0.15, -0.1) is 0 Å². The van der Waals surface area contributed by atoms with E-state index in [9.17, 15) is 18.0 Å². The Labute approximate surface area is 258 Å². The highest BCUT2D eigenvalue weighted by Gasteiger charge is 2.30. The van der Waals surface area contributed by atoms with E-state index in [2.05, 4.69) is 0 Å². The molecule has 0 amide bonds. The summed E-state index contributed by atoms with van der Waals surface area (Å²) in [5.74, 6) is -1.77. The van der Waals surface area contributed by atoms with E-state index in [1.54, 1.807) is 36.4 Å². The number of rotatable bonds is 11. The first-order chi connectivity index (χ1) is 20.6. The van der Waals surface area contributed by atoms with Crippen LogP contribution in [-0.2, 0) is 28.9 Å². The molecular weight excluding hydrogens is 584 g/mol. The smallest absolute Gasteiger partial charge is 0.339 e. The highest BCUT2D eigenvalue weighted by Crippen LogP contribution is 2.42. The second kappa shape index (κ2) is 15.3. The molecule has 0 aliphatic rings. The molecule has 6 nitrogen and oxygen atoms in total. The van der Waals surface area contributed by atoms with Crippen molar-refractivity contribution in [3.8, 4) is 0 Å². The Kier molecular flexibility index (Phi) is 11.9. The fourth-order valence-electron chi connectivity index (χ4n) is 4.59. The van der Waals surface area contributed by atoms with Crippen molar-refractivity contribution in [1.82, 2.24) is 0 Å². The van der Waals surface area contributed by atoms with Crippen molar-refractivity contribution in [3.63, 3.8) is 0 Å². The third kappa shape index (κ3) is 8.00. The Balaban J connectivity index is 2.59. The summed E-state index contributed by atoms with van der Waals surface area (Å²) < 4.78 is 36.9. The third-order valence-electron chi connectivity index (χ3n) is 6.75. The van der Waals surface area contributed by atoms with Gasteiger partial charge in [0.05, 0.1) is 30.3 Å². The van der Waals surface area contributed by atoms with Gasteiger partial charge in [0.2, 0.25) is 0 Å². The molecule has 0 unspecified atom stereocenters. The van der Waals surface area contributed by atoms with Crippen LogP contribution < -0.4 is 0 Å². The van der Waals surface area contributed by atoms with Gasteiger partial charge in [0.1, 0.15) is 0 Å². The van der Waals surface area contributed by atoms with Crippen molar-refractivity contribution in [3.05, 3.63) is 135 Å². The fourth-order valence-corrected chi connectivity index (χ4v) is 5.80. The molecule has 43 heavy (non-hydrogen) atoms. The maximum Gasteiger partial charge on any atom is 0.339 e. The first kappa shape index (κ1) is 33.3. The lowest BCUT2D eigenvalue weighted by Gasteiger charge is -2.22. The number of benzene rings is 3. The molecule has 0 heterocycles. The maximum absolute atomic E-state index is 13.8. The number of allylic oxidation sites excluding steroid dienone is 3. The Bertz CT molecular complexity index is 1680. The van der Waals surface area contributed by atoms with E-state index in [1.165, 1.54) is 19.2 Å². The van der Waals surface area contributed by atoms with Crippen molar-refractivity contribution in [1.29, 1.82) is 0 Å². The molecule has 3 aromatic rings. The Morgan fingerprint density at radius 2 is 1.26 bits per heavy atom. The Morgan fingerprint density at radius 3 is 1.72 bits per heavy atom. The molecule has 0 N–H and O–H groups in total. The fraction of sp³-hybridized carbons (Fsp3) is 0.200. The lowest BCUT2D eigenvalue weighted by molar-refractivity contribution is -0.138. The van der Waals surface area contributed by atoms with Crippen molar-refractivity contribution >= 4 is 44.5 Å². The van der Waals surface area contributed by atoms with E-state index < -0.39 is 21.8 Å². The molecule has 0 radical (unpaired) electrons. The van der Waals surface area contributed by atoms with E-state index in [-0.39, 0.29) is 16.0 Å². The van der Waals surface area contributed by atoms with Crippen molar-refractivity contribution in [2.24, 2.45) is 0 Å². The van der Waals surface area contributed by atoms with E-state index in [0.29, 0.717) is 34.6 Å². The number of hydrogen-bond acceptors (Lipinski definition) is 6. The van der Waals surface area contributed by atoms with E-state index in [4.69, 9.17) is 21.1 Å². The summed E-state index contributed by atoms with van der Waals surface area (Å²) in [6.45, 7) is 5.73. The van der Waals surface area contributed by atoms with Gasteiger partial charge in [-0.25, -0.2) is 18.0 Å². The Morgan fingerprint density at radius 1 is 0.744 bits per heavy atom. The Hall–Kier alpha value is -4.20. The minimum Gasteiger partial charge on any atom is -0.465 e. The van der Waals surface area contributed by atoms with Gasteiger partial charge in [0, 0.05) is 16.0 Å².